The molecule has 0 saturated heterocycles. The van der Waals surface area contributed by atoms with E-state index in [1.807, 2.05) is 0 Å². The Hall–Kier alpha value is -2.68. The number of hydrogen-bond donors (Lipinski definition) is 1. The number of halogens is 3. The van der Waals surface area contributed by atoms with E-state index in [2.05, 4.69) is 91.0 Å². The predicted octanol–water partition coefficient (Wildman–Crippen LogP) is 3.52. The highest BCUT2D eigenvalue weighted by molar-refractivity contribution is 7.86. The highest BCUT2D eigenvalue weighted by atomic mass is 32.2. The van der Waals surface area contributed by atoms with Gasteiger partial charge in [-0.15, -0.1) is 0 Å². The Labute approximate surface area is 174 Å². The molecule has 0 heterocycles. The summed E-state index contributed by atoms with van der Waals surface area (Å²) in [6.07, 6.45) is 0. The molecule has 3 aromatic carbocycles. The average Bonchev–Trinajstić information content (AvgIpc) is 2.69. The number of benzene rings is 3. The summed E-state index contributed by atoms with van der Waals surface area (Å²) in [7, 11) is -6.09. The summed E-state index contributed by atoms with van der Waals surface area (Å²) >= 11 is 0. The van der Waals surface area contributed by atoms with E-state index >= 15 is 0 Å². The van der Waals surface area contributed by atoms with Crippen LogP contribution >= 0.6 is 0 Å². The lowest BCUT2D eigenvalue weighted by Gasteiger charge is -2.20. The molecule has 0 aliphatic carbocycles. The topological polar surface area (TPSA) is 61.6 Å². The first kappa shape index (κ1) is 23.6. The van der Waals surface area contributed by atoms with Crippen molar-refractivity contribution in [3.8, 4) is 0 Å². The van der Waals surface area contributed by atoms with Crippen molar-refractivity contribution < 1.29 is 31.0 Å². The highest BCUT2D eigenvalue weighted by Crippen LogP contribution is 2.20. The molecule has 1 N–H and O–H groups in total. The second-order valence-electron chi connectivity index (χ2n) is 6.64. The molecule has 4 nitrogen and oxygen atoms in total. The van der Waals surface area contributed by atoms with Gasteiger partial charge in [-0.1, -0.05) is 91.0 Å². The molecule has 3 aromatic rings. The smallest absolute Gasteiger partial charge is 0.485 e. The zero-order chi connectivity index (χ0) is 22.0. The molecule has 0 unspecified atom stereocenters. The van der Waals surface area contributed by atoms with Gasteiger partial charge in [0.25, 0.3) is 0 Å². The molecule has 30 heavy (non-hydrogen) atoms. The van der Waals surface area contributed by atoms with Crippen molar-refractivity contribution in [2.75, 3.05) is 0 Å². The molecule has 0 aliphatic rings. The van der Waals surface area contributed by atoms with Crippen LogP contribution in [0.5, 0.6) is 0 Å². The molecular formula is C22H22F3NO3S. The van der Waals surface area contributed by atoms with Gasteiger partial charge in [-0.2, -0.15) is 13.2 Å². The van der Waals surface area contributed by atoms with E-state index in [4.69, 9.17) is 13.0 Å². The molecule has 0 fully saturated rings. The zero-order valence-corrected chi connectivity index (χ0v) is 16.9. The number of rotatable bonds is 6. The quantitative estimate of drug-likeness (QED) is 0.474. The zero-order valence-electron chi connectivity index (χ0n) is 16.0. The Balaban J connectivity index is 0.000000343. The number of alkyl halides is 3. The van der Waals surface area contributed by atoms with Crippen LogP contribution in [0.15, 0.2) is 91.0 Å². The molecule has 0 bridgehead atoms. The fourth-order valence-electron chi connectivity index (χ4n) is 2.84. The average molecular weight is 437 g/mol. The molecule has 0 saturated carbocycles. The minimum Gasteiger partial charge on any atom is -0.741 e. The third-order valence-corrected chi connectivity index (χ3v) is 4.74. The van der Waals surface area contributed by atoms with E-state index in [1.54, 1.807) is 4.90 Å². The third-order valence-electron chi connectivity index (χ3n) is 4.17. The fourth-order valence-corrected chi connectivity index (χ4v) is 2.84. The summed E-state index contributed by atoms with van der Waals surface area (Å²) in [4.78, 5) is 1.56. The maximum Gasteiger partial charge on any atom is 0.485 e. The van der Waals surface area contributed by atoms with Crippen LogP contribution in [0, 0.1) is 0 Å². The van der Waals surface area contributed by atoms with Crippen LogP contribution < -0.4 is 4.90 Å². The van der Waals surface area contributed by atoms with E-state index in [0.717, 1.165) is 19.6 Å². The summed E-state index contributed by atoms with van der Waals surface area (Å²) in [5.74, 6) is 0. The Morgan fingerprint density at radius 1 is 0.633 bits per heavy atom. The van der Waals surface area contributed by atoms with Crippen LogP contribution in [0.2, 0.25) is 0 Å². The predicted molar refractivity (Wildman–Crippen MR) is 107 cm³/mol. The van der Waals surface area contributed by atoms with Gasteiger partial charge >= 0.3 is 5.51 Å². The van der Waals surface area contributed by atoms with Crippen LogP contribution in [0.1, 0.15) is 16.7 Å². The summed E-state index contributed by atoms with van der Waals surface area (Å²) in [6.45, 7) is 3.14. The van der Waals surface area contributed by atoms with Crippen LogP contribution in [0.25, 0.3) is 0 Å². The lowest BCUT2D eigenvalue weighted by molar-refractivity contribution is -0.941. The molecule has 0 radical (unpaired) electrons. The molecule has 0 amide bonds. The summed E-state index contributed by atoms with van der Waals surface area (Å²) in [6, 6.07) is 32.3. The Morgan fingerprint density at radius 3 is 1.07 bits per heavy atom. The number of hydrogen-bond acceptors (Lipinski definition) is 3. The molecular weight excluding hydrogens is 415 g/mol. The first-order valence-electron chi connectivity index (χ1n) is 9.12. The van der Waals surface area contributed by atoms with Gasteiger partial charge in [0.15, 0.2) is 10.1 Å². The second kappa shape index (κ2) is 10.9. The van der Waals surface area contributed by atoms with Gasteiger partial charge < -0.3 is 9.45 Å². The van der Waals surface area contributed by atoms with Crippen LogP contribution in [0.4, 0.5) is 13.2 Å². The van der Waals surface area contributed by atoms with Crippen molar-refractivity contribution >= 4 is 10.1 Å². The highest BCUT2D eigenvalue weighted by Gasteiger charge is 2.36. The van der Waals surface area contributed by atoms with E-state index in [0.29, 0.717) is 0 Å². The molecule has 0 atom stereocenters. The van der Waals surface area contributed by atoms with Crippen LogP contribution in [0.3, 0.4) is 0 Å². The van der Waals surface area contributed by atoms with E-state index in [-0.39, 0.29) is 0 Å². The van der Waals surface area contributed by atoms with Crippen LogP contribution in [-0.4, -0.2) is 18.5 Å². The fraction of sp³-hybridized carbons (Fsp3) is 0.182. The van der Waals surface area contributed by atoms with Crippen molar-refractivity contribution in [1.82, 2.24) is 0 Å². The normalized spacial score (nSPS) is 11.6. The molecule has 3 rings (SSSR count). The van der Waals surface area contributed by atoms with Crippen molar-refractivity contribution in [3.05, 3.63) is 108 Å². The van der Waals surface area contributed by atoms with E-state index < -0.39 is 15.6 Å². The van der Waals surface area contributed by atoms with Crippen LogP contribution in [-0.2, 0) is 29.8 Å². The van der Waals surface area contributed by atoms with E-state index in [9.17, 15) is 13.2 Å². The van der Waals surface area contributed by atoms with Gasteiger partial charge in [-0.05, 0) is 0 Å². The van der Waals surface area contributed by atoms with Gasteiger partial charge in [-0.3, -0.25) is 0 Å². The molecule has 160 valence electrons. The second-order valence-corrected chi connectivity index (χ2v) is 8.01. The maximum atomic E-state index is 10.7. The number of quaternary nitrogens is 1. The maximum absolute atomic E-state index is 10.7. The van der Waals surface area contributed by atoms with Crippen molar-refractivity contribution in [3.63, 3.8) is 0 Å². The van der Waals surface area contributed by atoms with Gasteiger partial charge in [0.1, 0.15) is 19.6 Å². The van der Waals surface area contributed by atoms with Gasteiger partial charge in [-0.25, -0.2) is 8.42 Å². The summed E-state index contributed by atoms with van der Waals surface area (Å²) in [5, 5.41) is 0. The van der Waals surface area contributed by atoms with Crippen molar-refractivity contribution in [1.29, 1.82) is 0 Å². The lowest BCUT2D eigenvalue weighted by Crippen LogP contribution is -3.08. The molecule has 0 spiro atoms. The monoisotopic (exact) mass is 437 g/mol. The molecule has 0 aliphatic heterocycles. The molecule has 8 heteroatoms. The Morgan fingerprint density at radius 2 is 0.867 bits per heavy atom. The minimum absolute atomic E-state index is 1.05. The Bertz CT molecular complexity index is 882. The largest absolute Gasteiger partial charge is 0.741 e. The molecule has 0 aromatic heterocycles. The van der Waals surface area contributed by atoms with Gasteiger partial charge in [0, 0.05) is 16.7 Å². The van der Waals surface area contributed by atoms with Gasteiger partial charge in [0.05, 0.1) is 0 Å². The first-order valence-corrected chi connectivity index (χ1v) is 10.5. The van der Waals surface area contributed by atoms with Crippen molar-refractivity contribution in [2.45, 2.75) is 25.1 Å². The minimum atomic E-state index is -6.09. The summed E-state index contributed by atoms with van der Waals surface area (Å²) in [5.41, 5.74) is -1.47. The summed E-state index contributed by atoms with van der Waals surface area (Å²) < 4.78 is 58.9. The standard InChI is InChI=1S/C21H21N.CHF3O3S/c1-4-10-19(11-5-1)16-22(17-20-12-6-2-7-13-20)18-21-14-8-3-9-15-21;2-1(3,4)8(5,6)7/h1-15H,16-18H2;(H,5,6,7). The Kier molecular flexibility index (Phi) is 8.58. The number of nitrogens with one attached hydrogen (secondary N) is 1. The van der Waals surface area contributed by atoms with E-state index in [1.165, 1.54) is 16.7 Å². The first-order chi connectivity index (χ1) is 14.1. The lowest BCUT2D eigenvalue weighted by atomic mass is 10.1. The SMILES string of the molecule is O=S(=O)([O-])C(F)(F)F.c1ccc(C[NH+](Cc2ccccc2)Cc2ccccc2)cc1. The third kappa shape index (κ3) is 8.36. The van der Waals surface area contributed by atoms with Crippen molar-refractivity contribution in [2.24, 2.45) is 0 Å². The van der Waals surface area contributed by atoms with Gasteiger partial charge in [0.2, 0.25) is 0 Å².